The highest BCUT2D eigenvalue weighted by molar-refractivity contribution is 5.98. The van der Waals surface area contributed by atoms with Crippen LogP contribution in [-0.4, -0.2) is 26.2 Å². The summed E-state index contributed by atoms with van der Waals surface area (Å²) in [6.07, 6.45) is 1.57. The molecule has 0 aliphatic rings. The van der Waals surface area contributed by atoms with Gasteiger partial charge in [-0.1, -0.05) is 18.2 Å². The molecule has 0 spiro atoms. The molecule has 100 valence electrons. The third kappa shape index (κ3) is 3.59. The first kappa shape index (κ1) is 14.8. The molecule has 0 atom stereocenters. The summed E-state index contributed by atoms with van der Waals surface area (Å²) in [5, 5.41) is 9.00. The van der Waals surface area contributed by atoms with Crippen LogP contribution in [0.5, 0.6) is 0 Å². The zero-order valence-electron chi connectivity index (χ0n) is 11.5. The molecule has 0 fully saturated rings. The molecule has 1 rings (SSSR count). The molecule has 0 saturated carbocycles. The van der Waals surface area contributed by atoms with Crippen molar-refractivity contribution in [1.29, 1.82) is 5.26 Å². The first-order valence-electron chi connectivity index (χ1n) is 6.22. The van der Waals surface area contributed by atoms with Crippen LogP contribution in [0.3, 0.4) is 0 Å². The van der Waals surface area contributed by atoms with E-state index in [4.69, 9.17) is 5.26 Å². The van der Waals surface area contributed by atoms with Gasteiger partial charge < -0.3 is 9.64 Å². The number of rotatable bonds is 5. The fourth-order valence-electron chi connectivity index (χ4n) is 1.86. The lowest BCUT2D eigenvalue weighted by Gasteiger charge is -2.23. The number of carbonyl (C=O) groups is 1. The quantitative estimate of drug-likeness (QED) is 0.463. The van der Waals surface area contributed by atoms with Gasteiger partial charge in [-0.05, 0) is 31.6 Å². The Morgan fingerprint density at radius 2 is 2.00 bits per heavy atom. The maximum Gasteiger partial charge on any atom is 0.348 e. The normalized spacial score (nSPS) is 10.7. The van der Waals surface area contributed by atoms with Crippen molar-refractivity contribution in [1.82, 2.24) is 0 Å². The van der Waals surface area contributed by atoms with Crippen LogP contribution in [0, 0.1) is 11.3 Å². The van der Waals surface area contributed by atoms with E-state index in [1.807, 2.05) is 30.3 Å². The topological polar surface area (TPSA) is 53.3 Å². The minimum Gasteiger partial charge on any atom is -0.465 e. The number of hydrogen-bond acceptors (Lipinski definition) is 4. The molecule has 4 heteroatoms. The summed E-state index contributed by atoms with van der Waals surface area (Å²) in [5.41, 5.74) is 1.85. The van der Waals surface area contributed by atoms with Crippen LogP contribution in [0.1, 0.15) is 19.4 Å². The van der Waals surface area contributed by atoms with Gasteiger partial charge in [-0.15, -0.1) is 0 Å². The summed E-state index contributed by atoms with van der Waals surface area (Å²) in [7, 11) is 1.27. The van der Waals surface area contributed by atoms with Crippen molar-refractivity contribution in [3.05, 3.63) is 35.4 Å². The molecule has 0 N–H and O–H groups in total. The van der Waals surface area contributed by atoms with Crippen molar-refractivity contribution in [2.75, 3.05) is 25.1 Å². The van der Waals surface area contributed by atoms with Gasteiger partial charge in [0.25, 0.3) is 0 Å². The molecule has 1 aromatic carbocycles. The van der Waals surface area contributed by atoms with E-state index in [0.29, 0.717) is 0 Å². The number of methoxy groups -OCH3 is 1. The van der Waals surface area contributed by atoms with Crippen LogP contribution in [0.2, 0.25) is 0 Å². The monoisotopic (exact) mass is 258 g/mol. The molecule has 19 heavy (non-hydrogen) atoms. The molecule has 4 nitrogen and oxygen atoms in total. The fraction of sp³-hybridized carbons (Fsp3) is 0.333. The second-order valence-corrected chi connectivity index (χ2v) is 3.89. The van der Waals surface area contributed by atoms with Gasteiger partial charge in [-0.3, -0.25) is 0 Å². The van der Waals surface area contributed by atoms with E-state index in [1.165, 1.54) is 7.11 Å². The van der Waals surface area contributed by atoms with Crippen molar-refractivity contribution >= 4 is 17.7 Å². The maximum atomic E-state index is 11.4. The lowest BCUT2D eigenvalue weighted by Crippen LogP contribution is -2.22. The SMILES string of the molecule is CCN(CC)c1ccccc1/C=C(\C#N)C(=O)OC. The average molecular weight is 258 g/mol. The van der Waals surface area contributed by atoms with Crippen molar-refractivity contribution in [2.45, 2.75) is 13.8 Å². The van der Waals surface area contributed by atoms with Crippen LogP contribution in [0.4, 0.5) is 5.69 Å². The van der Waals surface area contributed by atoms with Crippen molar-refractivity contribution in [3.8, 4) is 6.07 Å². The molecule has 0 unspecified atom stereocenters. The Balaban J connectivity index is 3.24. The summed E-state index contributed by atoms with van der Waals surface area (Å²) in [6.45, 7) is 5.86. The highest BCUT2D eigenvalue weighted by atomic mass is 16.5. The second kappa shape index (κ2) is 7.22. The Morgan fingerprint density at radius 1 is 1.37 bits per heavy atom. The molecule has 1 aromatic rings. The molecule has 0 saturated heterocycles. The zero-order chi connectivity index (χ0) is 14.3. The van der Waals surface area contributed by atoms with E-state index in [1.54, 1.807) is 6.08 Å². The number of carbonyl (C=O) groups excluding carboxylic acids is 1. The van der Waals surface area contributed by atoms with Crippen LogP contribution in [-0.2, 0) is 9.53 Å². The van der Waals surface area contributed by atoms with Crippen molar-refractivity contribution < 1.29 is 9.53 Å². The predicted octanol–water partition coefficient (Wildman–Crippen LogP) is 2.61. The van der Waals surface area contributed by atoms with E-state index < -0.39 is 5.97 Å². The molecule has 0 aliphatic heterocycles. The largest absolute Gasteiger partial charge is 0.465 e. The minimum absolute atomic E-state index is 0.00195. The van der Waals surface area contributed by atoms with Gasteiger partial charge in [0.1, 0.15) is 11.6 Å². The summed E-state index contributed by atoms with van der Waals surface area (Å²) in [5.74, 6) is -0.614. The van der Waals surface area contributed by atoms with Gasteiger partial charge in [0.15, 0.2) is 0 Å². The van der Waals surface area contributed by atoms with Gasteiger partial charge in [0.05, 0.1) is 7.11 Å². The number of benzene rings is 1. The van der Waals surface area contributed by atoms with E-state index >= 15 is 0 Å². The molecule has 0 amide bonds. The highest BCUT2D eigenvalue weighted by Crippen LogP contribution is 2.22. The van der Waals surface area contributed by atoms with Gasteiger partial charge in [-0.2, -0.15) is 5.26 Å². The maximum absolute atomic E-state index is 11.4. The third-order valence-corrected chi connectivity index (χ3v) is 2.87. The van der Waals surface area contributed by atoms with Crippen LogP contribution in [0.25, 0.3) is 6.08 Å². The molecule has 0 bridgehead atoms. The van der Waals surface area contributed by atoms with Gasteiger partial charge in [0.2, 0.25) is 0 Å². The van der Waals surface area contributed by atoms with Crippen LogP contribution >= 0.6 is 0 Å². The van der Waals surface area contributed by atoms with E-state index in [0.717, 1.165) is 24.3 Å². The Bertz CT molecular complexity index is 511. The average Bonchev–Trinajstić information content (AvgIpc) is 2.46. The lowest BCUT2D eigenvalue weighted by molar-refractivity contribution is -0.135. The standard InChI is InChI=1S/C15H18N2O2/c1-4-17(5-2)14-9-7-6-8-12(14)10-13(11-16)15(18)19-3/h6-10H,4-5H2,1-3H3/b13-10+. The predicted molar refractivity (Wildman–Crippen MR) is 75.6 cm³/mol. The van der Waals surface area contributed by atoms with E-state index in [9.17, 15) is 4.79 Å². The number of esters is 1. The molecule has 0 heterocycles. The Hall–Kier alpha value is -2.28. The fourth-order valence-corrected chi connectivity index (χ4v) is 1.86. The van der Waals surface area contributed by atoms with E-state index in [2.05, 4.69) is 23.5 Å². The summed E-state index contributed by atoms with van der Waals surface area (Å²) in [6, 6.07) is 9.55. The molecular weight excluding hydrogens is 240 g/mol. The summed E-state index contributed by atoms with van der Waals surface area (Å²) >= 11 is 0. The Labute approximate surface area is 113 Å². The van der Waals surface area contributed by atoms with Crippen molar-refractivity contribution in [2.24, 2.45) is 0 Å². The number of nitrogens with zero attached hydrogens (tertiary/aromatic N) is 2. The number of para-hydroxylation sites is 1. The van der Waals surface area contributed by atoms with Gasteiger partial charge >= 0.3 is 5.97 Å². The Morgan fingerprint density at radius 3 is 2.53 bits per heavy atom. The number of hydrogen-bond donors (Lipinski definition) is 0. The minimum atomic E-state index is -0.614. The Kier molecular flexibility index (Phi) is 5.62. The molecule has 0 aliphatic carbocycles. The second-order valence-electron chi connectivity index (χ2n) is 3.89. The molecule has 0 radical (unpaired) electrons. The summed E-state index contributed by atoms with van der Waals surface area (Å²) in [4.78, 5) is 13.6. The van der Waals surface area contributed by atoms with Gasteiger partial charge in [0, 0.05) is 18.8 Å². The lowest BCUT2D eigenvalue weighted by atomic mass is 10.1. The number of nitriles is 1. The zero-order valence-corrected chi connectivity index (χ0v) is 11.5. The highest BCUT2D eigenvalue weighted by Gasteiger charge is 2.11. The third-order valence-electron chi connectivity index (χ3n) is 2.87. The first-order chi connectivity index (χ1) is 9.17. The summed E-state index contributed by atoms with van der Waals surface area (Å²) < 4.78 is 4.59. The van der Waals surface area contributed by atoms with Gasteiger partial charge in [-0.25, -0.2) is 4.79 Å². The smallest absolute Gasteiger partial charge is 0.348 e. The molecule has 0 aromatic heterocycles. The first-order valence-corrected chi connectivity index (χ1v) is 6.22. The van der Waals surface area contributed by atoms with Crippen LogP contribution in [0.15, 0.2) is 29.8 Å². The number of ether oxygens (including phenoxy) is 1. The van der Waals surface area contributed by atoms with E-state index in [-0.39, 0.29) is 5.57 Å². The van der Waals surface area contributed by atoms with Crippen LogP contribution < -0.4 is 4.90 Å². The van der Waals surface area contributed by atoms with Crippen molar-refractivity contribution in [3.63, 3.8) is 0 Å². The molecular formula is C15H18N2O2. The number of anilines is 1.